The fourth-order valence-electron chi connectivity index (χ4n) is 2.43. The molecule has 1 saturated carbocycles. The molecule has 3 nitrogen and oxygen atoms in total. The van der Waals surface area contributed by atoms with Crippen LogP contribution in [0.15, 0.2) is 12.1 Å². The van der Waals surface area contributed by atoms with Crippen LogP contribution in [-0.2, 0) is 4.79 Å². The van der Waals surface area contributed by atoms with Crippen LogP contribution in [0.3, 0.4) is 0 Å². The van der Waals surface area contributed by atoms with E-state index < -0.39 is 0 Å². The van der Waals surface area contributed by atoms with Gasteiger partial charge < -0.3 is 11.1 Å². The Balaban J connectivity index is 0.00000180. The number of nitrogens with two attached hydrogens (primary N) is 1. The lowest BCUT2D eigenvalue weighted by Gasteiger charge is -2.26. The van der Waals surface area contributed by atoms with Gasteiger partial charge in [0.15, 0.2) is 0 Å². The molecule has 3 unspecified atom stereocenters. The third-order valence-electron chi connectivity index (χ3n) is 3.47. The number of thiophene rings is 1. The predicted molar refractivity (Wildman–Crippen MR) is 83.1 cm³/mol. The van der Waals surface area contributed by atoms with E-state index in [2.05, 4.69) is 5.32 Å². The zero-order valence-corrected chi connectivity index (χ0v) is 13.3. The molecule has 0 spiro atoms. The summed E-state index contributed by atoms with van der Waals surface area (Å²) in [6.07, 6.45) is 3.86. The average Bonchev–Trinajstić information content (AvgIpc) is 2.76. The first kappa shape index (κ1) is 16.8. The Morgan fingerprint density at radius 1 is 1.53 bits per heavy atom. The Morgan fingerprint density at radius 2 is 2.26 bits per heavy atom. The highest BCUT2D eigenvalue weighted by Gasteiger charge is 2.26. The highest BCUT2D eigenvalue weighted by Crippen LogP contribution is 2.28. The number of amides is 1. The molecule has 3 atom stereocenters. The SMILES string of the molecule is CC(NC(=O)C1CCCC(N)C1)c1ccc(Cl)s1.Cl. The van der Waals surface area contributed by atoms with E-state index in [1.54, 1.807) is 0 Å². The van der Waals surface area contributed by atoms with Gasteiger partial charge in [-0.15, -0.1) is 23.7 Å². The Bertz CT molecular complexity index is 425. The van der Waals surface area contributed by atoms with Crippen molar-refractivity contribution in [3.8, 4) is 0 Å². The van der Waals surface area contributed by atoms with E-state index in [-0.39, 0.29) is 36.3 Å². The Morgan fingerprint density at radius 3 is 2.84 bits per heavy atom. The van der Waals surface area contributed by atoms with Crippen molar-refractivity contribution in [2.45, 2.75) is 44.7 Å². The standard InChI is InChI=1S/C13H19ClN2OS.ClH/c1-8(11-5-6-12(14)18-11)16-13(17)9-3-2-4-10(15)7-9;/h5-6,8-10H,2-4,7,15H2,1H3,(H,16,17);1H. The van der Waals surface area contributed by atoms with Crippen molar-refractivity contribution in [3.05, 3.63) is 21.3 Å². The van der Waals surface area contributed by atoms with Crippen LogP contribution in [0, 0.1) is 5.92 Å². The molecule has 1 heterocycles. The van der Waals surface area contributed by atoms with Gasteiger partial charge in [0.2, 0.25) is 5.91 Å². The molecule has 1 aliphatic rings. The molecule has 6 heteroatoms. The molecule has 0 aromatic carbocycles. The smallest absolute Gasteiger partial charge is 0.223 e. The fourth-order valence-corrected chi connectivity index (χ4v) is 3.49. The fraction of sp³-hybridized carbons (Fsp3) is 0.615. The van der Waals surface area contributed by atoms with Crippen LogP contribution in [0.1, 0.15) is 43.5 Å². The first-order valence-electron chi connectivity index (χ1n) is 6.37. The minimum atomic E-state index is 0. The second-order valence-corrected chi connectivity index (χ2v) is 6.74. The molecule has 1 amide bonds. The van der Waals surface area contributed by atoms with Crippen molar-refractivity contribution < 1.29 is 4.79 Å². The van der Waals surface area contributed by atoms with Crippen LogP contribution >= 0.6 is 35.3 Å². The molecule has 108 valence electrons. The second kappa shape index (κ2) is 7.48. The maximum absolute atomic E-state index is 12.1. The maximum Gasteiger partial charge on any atom is 0.223 e. The maximum atomic E-state index is 12.1. The lowest BCUT2D eigenvalue weighted by atomic mass is 9.85. The molecule has 1 aromatic heterocycles. The Labute approximate surface area is 129 Å². The van der Waals surface area contributed by atoms with E-state index in [0.717, 1.165) is 34.9 Å². The molecule has 1 fully saturated rings. The molecule has 3 N–H and O–H groups in total. The van der Waals surface area contributed by atoms with Crippen molar-refractivity contribution in [2.75, 3.05) is 0 Å². The summed E-state index contributed by atoms with van der Waals surface area (Å²) >= 11 is 7.41. The quantitative estimate of drug-likeness (QED) is 0.894. The first-order valence-corrected chi connectivity index (χ1v) is 7.57. The summed E-state index contributed by atoms with van der Waals surface area (Å²) < 4.78 is 0.755. The zero-order valence-electron chi connectivity index (χ0n) is 10.9. The van der Waals surface area contributed by atoms with Gasteiger partial charge in [-0.3, -0.25) is 4.79 Å². The van der Waals surface area contributed by atoms with Gasteiger partial charge in [0.25, 0.3) is 0 Å². The number of nitrogens with one attached hydrogen (secondary N) is 1. The summed E-state index contributed by atoms with van der Waals surface area (Å²) in [7, 11) is 0. The van der Waals surface area contributed by atoms with Crippen LogP contribution in [0.4, 0.5) is 0 Å². The van der Waals surface area contributed by atoms with Gasteiger partial charge in [0.1, 0.15) is 0 Å². The van der Waals surface area contributed by atoms with Crippen LogP contribution in [-0.4, -0.2) is 11.9 Å². The summed E-state index contributed by atoms with van der Waals surface area (Å²) in [6.45, 7) is 1.99. The van der Waals surface area contributed by atoms with E-state index in [0.29, 0.717) is 0 Å². The average molecular weight is 323 g/mol. The van der Waals surface area contributed by atoms with Crippen LogP contribution in [0.5, 0.6) is 0 Å². The summed E-state index contributed by atoms with van der Waals surface area (Å²) in [5.74, 6) is 0.203. The van der Waals surface area contributed by atoms with E-state index in [9.17, 15) is 4.79 Å². The van der Waals surface area contributed by atoms with Gasteiger partial charge in [-0.2, -0.15) is 0 Å². The van der Waals surface area contributed by atoms with Crippen molar-refractivity contribution in [3.63, 3.8) is 0 Å². The molecule has 0 aliphatic heterocycles. The summed E-state index contributed by atoms with van der Waals surface area (Å²) in [4.78, 5) is 13.2. The van der Waals surface area contributed by atoms with Crippen molar-refractivity contribution in [1.29, 1.82) is 0 Å². The minimum absolute atomic E-state index is 0. The normalized spacial score (nSPS) is 24.4. The lowest BCUT2D eigenvalue weighted by Crippen LogP contribution is -2.38. The zero-order chi connectivity index (χ0) is 13.1. The van der Waals surface area contributed by atoms with Gasteiger partial charge in [-0.1, -0.05) is 18.0 Å². The Kier molecular flexibility index (Phi) is 6.60. The van der Waals surface area contributed by atoms with Crippen molar-refractivity contribution in [2.24, 2.45) is 11.7 Å². The van der Waals surface area contributed by atoms with Crippen molar-refractivity contribution in [1.82, 2.24) is 5.32 Å². The van der Waals surface area contributed by atoms with E-state index in [1.807, 2.05) is 19.1 Å². The molecule has 2 rings (SSSR count). The van der Waals surface area contributed by atoms with E-state index >= 15 is 0 Å². The molecular weight excluding hydrogens is 303 g/mol. The van der Waals surface area contributed by atoms with E-state index in [4.69, 9.17) is 17.3 Å². The molecule has 0 bridgehead atoms. The number of carbonyl (C=O) groups excluding carboxylic acids is 1. The lowest BCUT2D eigenvalue weighted by molar-refractivity contribution is -0.126. The minimum Gasteiger partial charge on any atom is -0.349 e. The van der Waals surface area contributed by atoms with Crippen LogP contribution in [0.2, 0.25) is 4.34 Å². The highest BCUT2D eigenvalue weighted by molar-refractivity contribution is 7.16. The van der Waals surface area contributed by atoms with E-state index in [1.165, 1.54) is 11.3 Å². The number of halogens is 2. The van der Waals surface area contributed by atoms with Crippen molar-refractivity contribution >= 4 is 41.3 Å². The van der Waals surface area contributed by atoms with Gasteiger partial charge in [0, 0.05) is 16.8 Å². The monoisotopic (exact) mass is 322 g/mol. The molecular formula is C13H20Cl2N2OS. The Hall–Kier alpha value is -0.290. The largest absolute Gasteiger partial charge is 0.349 e. The molecule has 1 aromatic rings. The number of carbonyl (C=O) groups is 1. The molecule has 19 heavy (non-hydrogen) atoms. The number of rotatable bonds is 3. The summed E-state index contributed by atoms with van der Waals surface area (Å²) in [5.41, 5.74) is 5.91. The first-order chi connectivity index (χ1) is 8.56. The van der Waals surface area contributed by atoms with Gasteiger partial charge in [-0.25, -0.2) is 0 Å². The predicted octanol–water partition coefficient (Wildman–Crippen LogP) is 3.52. The molecule has 0 saturated heterocycles. The molecule has 1 aliphatic carbocycles. The van der Waals surface area contributed by atoms with Gasteiger partial charge in [-0.05, 0) is 38.3 Å². The van der Waals surface area contributed by atoms with Gasteiger partial charge >= 0.3 is 0 Å². The summed E-state index contributed by atoms with van der Waals surface area (Å²) in [5, 5.41) is 3.06. The topological polar surface area (TPSA) is 55.1 Å². The molecule has 0 radical (unpaired) electrons. The van der Waals surface area contributed by atoms with Crippen LogP contribution < -0.4 is 11.1 Å². The number of hydrogen-bond donors (Lipinski definition) is 2. The third-order valence-corrected chi connectivity index (χ3v) is 4.88. The summed E-state index contributed by atoms with van der Waals surface area (Å²) in [6, 6.07) is 4.03. The van der Waals surface area contributed by atoms with Gasteiger partial charge in [0.05, 0.1) is 10.4 Å². The third kappa shape index (κ3) is 4.63. The second-order valence-electron chi connectivity index (χ2n) is 5.00. The number of hydrogen-bond acceptors (Lipinski definition) is 3. The van der Waals surface area contributed by atoms with Crippen LogP contribution in [0.25, 0.3) is 0 Å². The highest BCUT2D eigenvalue weighted by atomic mass is 35.5.